The smallest absolute Gasteiger partial charge is 0.475 e. The van der Waals surface area contributed by atoms with E-state index in [0.29, 0.717) is 4.43 Å². The monoisotopic (exact) mass is 412 g/mol. The minimum absolute atomic E-state index is 0.141. The first-order valence-electron chi connectivity index (χ1n) is 6.08. The van der Waals surface area contributed by atoms with Crippen molar-refractivity contribution in [2.45, 2.75) is 38.3 Å². The molecule has 0 aromatic carbocycles. The zero-order valence-electron chi connectivity index (χ0n) is 11.0. The summed E-state index contributed by atoms with van der Waals surface area (Å²) in [6.45, 7) is 1.62. The maximum atomic E-state index is 10.8. The number of halogens is 4. The van der Waals surface area contributed by atoms with Crippen molar-refractivity contribution in [3.8, 4) is 0 Å². The number of carboxylic acid groups (broad SMARTS) is 1. The summed E-state index contributed by atoms with van der Waals surface area (Å²) >= 11 is 2.07. The van der Waals surface area contributed by atoms with Crippen LogP contribution in [0.25, 0.3) is 0 Å². The van der Waals surface area contributed by atoms with Gasteiger partial charge in [-0.3, -0.25) is 4.79 Å². The Balaban J connectivity index is 0. The number of carbonyl (C=O) groups excluding carboxylic acids is 1. The Morgan fingerprint density at radius 1 is 1.10 bits per heavy atom. The molecule has 0 saturated carbocycles. The maximum absolute atomic E-state index is 10.8. The highest BCUT2D eigenvalue weighted by molar-refractivity contribution is 14.1. The molecule has 0 atom stereocenters. The number of aliphatic carboxylic acids is 1. The van der Waals surface area contributed by atoms with Gasteiger partial charge in [-0.1, -0.05) is 41.9 Å². The number of hydrogen-bond acceptors (Lipinski definition) is 3. The zero-order valence-corrected chi connectivity index (χ0v) is 13.2. The molecule has 9 heteroatoms. The van der Waals surface area contributed by atoms with E-state index < -0.39 is 12.1 Å². The molecule has 4 N–H and O–H groups in total. The summed E-state index contributed by atoms with van der Waals surface area (Å²) in [5, 5.41) is 9.98. The van der Waals surface area contributed by atoms with E-state index in [9.17, 15) is 18.0 Å². The molecule has 0 aliphatic rings. The number of alkyl halides is 4. The SMILES string of the molecule is NCCCCCCCNC(=O)CI.O=C(O)C(F)(F)F. The van der Waals surface area contributed by atoms with E-state index in [0.717, 1.165) is 25.9 Å². The molecule has 0 aromatic heterocycles. The van der Waals surface area contributed by atoms with Crippen molar-refractivity contribution in [1.82, 2.24) is 5.32 Å². The lowest BCUT2D eigenvalue weighted by molar-refractivity contribution is -0.192. The van der Waals surface area contributed by atoms with Gasteiger partial charge >= 0.3 is 12.1 Å². The number of amides is 1. The number of carboxylic acids is 1. The summed E-state index contributed by atoms with van der Waals surface area (Å²) < 4.78 is 32.3. The van der Waals surface area contributed by atoms with Crippen molar-refractivity contribution in [3.05, 3.63) is 0 Å². The van der Waals surface area contributed by atoms with E-state index in [4.69, 9.17) is 15.6 Å². The predicted octanol–water partition coefficient (Wildman–Crippen LogP) is 2.08. The van der Waals surface area contributed by atoms with Gasteiger partial charge in [0.15, 0.2) is 0 Å². The van der Waals surface area contributed by atoms with Crippen molar-refractivity contribution in [2.75, 3.05) is 17.5 Å². The maximum Gasteiger partial charge on any atom is 0.490 e. The van der Waals surface area contributed by atoms with E-state index in [-0.39, 0.29) is 5.91 Å². The highest BCUT2D eigenvalue weighted by Gasteiger charge is 2.38. The van der Waals surface area contributed by atoms with Gasteiger partial charge in [-0.05, 0) is 19.4 Å². The Hall–Kier alpha value is -0.580. The van der Waals surface area contributed by atoms with Crippen LogP contribution in [0.4, 0.5) is 13.2 Å². The standard InChI is InChI=1S/C9H19IN2O.C2HF3O2/c10-8-9(13)12-7-5-3-1-2-4-6-11;3-2(4,5)1(6)7/h1-8,11H2,(H,12,13);(H,6,7). The van der Waals surface area contributed by atoms with Gasteiger partial charge in [0.2, 0.25) is 5.91 Å². The molecule has 0 rings (SSSR count). The summed E-state index contributed by atoms with van der Waals surface area (Å²) in [5.74, 6) is -2.62. The number of nitrogens with one attached hydrogen (secondary N) is 1. The van der Waals surface area contributed by atoms with Crippen LogP contribution in [0.5, 0.6) is 0 Å². The second-order valence-corrected chi connectivity index (χ2v) is 4.61. The fraction of sp³-hybridized carbons (Fsp3) is 0.818. The second kappa shape index (κ2) is 13.4. The fourth-order valence-electron chi connectivity index (χ4n) is 1.07. The van der Waals surface area contributed by atoms with E-state index >= 15 is 0 Å². The molecular weight excluding hydrogens is 392 g/mol. The predicted molar refractivity (Wildman–Crippen MR) is 77.7 cm³/mol. The first-order valence-corrected chi connectivity index (χ1v) is 7.61. The number of nitrogens with two attached hydrogens (primary N) is 1. The van der Waals surface area contributed by atoms with Crippen LogP contribution in [0, 0.1) is 0 Å². The summed E-state index contributed by atoms with van der Waals surface area (Å²) in [6, 6.07) is 0. The van der Waals surface area contributed by atoms with E-state index in [1.54, 1.807) is 0 Å². The van der Waals surface area contributed by atoms with E-state index in [1.165, 1.54) is 19.3 Å². The average Bonchev–Trinajstić information content (AvgIpc) is 2.37. The number of rotatable bonds is 8. The minimum atomic E-state index is -5.08. The van der Waals surface area contributed by atoms with Crippen LogP contribution in [0.2, 0.25) is 0 Å². The Kier molecular flexibility index (Phi) is 14.6. The van der Waals surface area contributed by atoms with Crippen LogP contribution < -0.4 is 11.1 Å². The molecule has 0 bridgehead atoms. The Morgan fingerprint density at radius 3 is 1.95 bits per heavy atom. The van der Waals surface area contributed by atoms with Crippen molar-refractivity contribution in [3.63, 3.8) is 0 Å². The normalized spacial score (nSPS) is 10.4. The summed E-state index contributed by atoms with van der Waals surface area (Å²) in [5.41, 5.74) is 5.37. The quantitative estimate of drug-likeness (QED) is 0.324. The zero-order chi connectivity index (χ0) is 16.0. The lowest BCUT2D eigenvalue weighted by Gasteiger charge is -2.02. The molecule has 0 saturated heterocycles. The molecule has 0 heterocycles. The van der Waals surface area contributed by atoms with Crippen molar-refractivity contribution >= 4 is 34.5 Å². The van der Waals surface area contributed by atoms with Gasteiger partial charge in [0, 0.05) is 6.54 Å². The van der Waals surface area contributed by atoms with Crippen molar-refractivity contribution in [2.24, 2.45) is 5.73 Å². The molecule has 5 nitrogen and oxygen atoms in total. The molecule has 0 fully saturated rings. The molecule has 1 amide bonds. The van der Waals surface area contributed by atoms with Crippen LogP contribution in [-0.4, -0.2) is 40.7 Å². The van der Waals surface area contributed by atoms with Crippen LogP contribution in [-0.2, 0) is 9.59 Å². The third-order valence-corrected chi connectivity index (χ3v) is 2.76. The van der Waals surface area contributed by atoms with E-state index in [1.807, 2.05) is 0 Å². The topological polar surface area (TPSA) is 92.4 Å². The summed E-state index contributed by atoms with van der Waals surface area (Å²) in [7, 11) is 0. The first kappa shape index (κ1) is 21.7. The lowest BCUT2D eigenvalue weighted by atomic mass is 10.1. The molecule has 0 unspecified atom stereocenters. The minimum Gasteiger partial charge on any atom is -0.475 e. The third kappa shape index (κ3) is 17.4. The molecule has 0 aliphatic carbocycles. The molecule has 0 radical (unpaired) electrons. The van der Waals surface area contributed by atoms with Gasteiger partial charge in [0.05, 0.1) is 4.43 Å². The molecule has 20 heavy (non-hydrogen) atoms. The Bertz CT molecular complexity index is 276. The van der Waals surface area contributed by atoms with Crippen LogP contribution in [0.1, 0.15) is 32.1 Å². The van der Waals surface area contributed by atoms with Gasteiger partial charge in [0.1, 0.15) is 0 Å². The Morgan fingerprint density at radius 2 is 1.55 bits per heavy atom. The van der Waals surface area contributed by atoms with Crippen LogP contribution in [0.3, 0.4) is 0 Å². The highest BCUT2D eigenvalue weighted by atomic mass is 127. The van der Waals surface area contributed by atoms with Gasteiger partial charge in [-0.2, -0.15) is 13.2 Å². The number of carbonyl (C=O) groups is 2. The molecule has 0 aliphatic heterocycles. The largest absolute Gasteiger partial charge is 0.490 e. The van der Waals surface area contributed by atoms with Crippen molar-refractivity contribution in [1.29, 1.82) is 0 Å². The molecule has 0 spiro atoms. The van der Waals surface area contributed by atoms with Gasteiger partial charge < -0.3 is 16.2 Å². The average molecular weight is 412 g/mol. The fourth-order valence-corrected chi connectivity index (χ4v) is 1.34. The van der Waals surface area contributed by atoms with Gasteiger partial charge in [-0.15, -0.1) is 0 Å². The number of unbranched alkanes of at least 4 members (excludes halogenated alkanes) is 4. The van der Waals surface area contributed by atoms with Gasteiger partial charge in [0.25, 0.3) is 0 Å². The first-order chi connectivity index (χ1) is 9.25. The number of hydrogen-bond donors (Lipinski definition) is 3. The molecule has 120 valence electrons. The summed E-state index contributed by atoms with van der Waals surface area (Å²) in [6.07, 6.45) is 0.780. The summed E-state index contributed by atoms with van der Waals surface area (Å²) in [4.78, 5) is 19.7. The molecular formula is C11H20F3IN2O3. The second-order valence-electron chi connectivity index (χ2n) is 3.84. The van der Waals surface area contributed by atoms with Gasteiger partial charge in [-0.25, -0.2) is 4.79 Å². The molecule has 0 aromatic rings. The Labute approximate surface area is 129 Å². The van der Waals surface area contributed by atoms with E-state index in [2.05, 4.69) is 27.9 Å². The van der Waals surface area contributed by atoms with Crippen LogP contribution >= 0.6 is 22.6 Å². The lowest BCUT2D eigenvalue weighted by Crippen LogP contribution is -2.25. The highest BCUT2D eigenvalue weighted by Crippen LogP contribution is 2.13. The van der Waals surface area contributed by atoms with Crippen LogP contribution in [0.15, 0.2) is 0 Å². The van der Waals surface area contributed by atoms with Crippen molar-refractivity contribution < 1.29 is 27.9 Å². The third-order valence-electron chi connectivity index (χ3n) is 2.07.